The van der Waals surface area contributed by atoms with Gasteiger partial charge in [-0.1, -0.05) is 13.8 Å². The van der Waals surface area contributed by atoms with Crippen molar-refractivity contribution < 1.29 is 14.4 Å². The van der Waals surface area contributed by atoms with Gasteiger partial charge < -0.3 is 21.7 Å². The third kappa shape index (κ3) is 7.61. The number of amides is 3. The first-order valence-electron chi connectivity index (χ1n) is 7.50. The van der Waals surface area contributed by atoms with Crippen molar-refractivity contribution in [3.8, 4) is 0 Å². The molecule has 0 aromatic rings. The molecule has 8 heteroatoms. The van der Waals surface area contributed by atoms with Crippen molar-refractivity contribution in [1.29, 1.82) is 0 Å². The quantitative estimate of drug-likeness (QED) is 0.487. The molecule has 0 radical (unpaired) electrons. The molecule has 0 bridgehead atoms. The van der Waals surface area contributed by atoms with Gasteiger partial charge in [-0.25, -0.2) is 0 Å². The predicted molar refractivity (Wildman–Crippen MR) is 86.5 cm³/mol. The normalized spacial score (nSPS) is 18.4. The zero-order valence-corrected chi connectivity index (χ0v) is 14.0. The van der Waals surface area contributed by atoms with Gasteiger partial charge in [-0.3, -0.25) is 14.4 Å². The molecule has 1 saturated heterocycles. The van der Waals surface area contributed by atoms with Crippen LogP contribution in [0.15, 0.2) is 0 Å². The Kier molecular flexibility index (Phi) is 9.76. The summed E-state index contributed by atoms with van der Waals surface area (Å²) in [6, 6.07) is -0.786. The number of nitrogens with one attached hydrogen (secondary N) is 3. The molecule has 5 N–H and O–H groups in total. The molecule has 1 heterocycles. The molecule has 0 saturated carbocycles. The van der Waals surface area contributed by atoms with E-state index in [0.717, 1.165) is 19.4 Å². The van der Waals surface area contributed by atoms with E-state index in [0.29, 0.717) is 6.42 Å². The molecule has 22 heavy (non-hydrogen) atoms. The van der Waals surface area contributed by atoms with Crippen LogP contribution in [0.3, 0.4) is 0 Å². The van der Waals surface area contributed by atoms with Crippen LogP contribution < -0.4 is 21.7 Å². The molecular formula is C14H27ClN4O3. The van der Waals surface area contributed by atoms with Crippen molar-refractivity contribution in [3.63, 3.8) is 0 Å². The highest BCUT2D eigenvalue weighted by molar-refractivity contribution is 5.90. The summed E-state index contributed by atoms with van der Waals surface area (Å²) in [5.74, 6) is -0.594. The number of hydrogen-bond donors (Lipinski definition) is 4. The van der Waals surface area contributed by atoms with Gasteiger partial charge in [-0.15, -0.1) is 12.4 Å². The molecule has 1 fully saturated rings. The number of hydrogen-bond acceptors (Lipinski definition) is 4. The third-order valence-electron chi connectivity index (χ3n) is 3.39. The van der Waals surface area contributed by atoms with Gasteiger partial charge in [-0.05, 0) is 31.7 Å². The second-order valence-electron chi connectivity index (χ2n) is 5.85. The standard InChI is InChI=1S/C14H26N4O3.ClH/c1-9(2)8-11(13(20)17-7-5-12(15)19)18-14(21)10-4-3-6-16-10;/h9-11,16H,3-8H2,1-2H3,(H2,15,19)(H,17,20)(H,18,21);1H/t10-,11-;/m0./s1. The van der Waals surface area contributed by atoms with E-state index in [4.69, 9.17) is 5.73 Å². The maximum Gasteiger partial charge on any atom is 0.242 e. The highest BCUT2D eigenvalue weighted by atomic mass is 35.5. The van der Waals surface area contributed by atoms with Crippen LogP contribution in [-0.4, -0.2) is 42.9 Å². The summed E-state index contributed by atoms with van der Waals surface area (Å²) in [5, 5.41) is 8.55. The van der Waals surface area contributed by atoms with E-state index in [1.54, 1.807) is 0 Å². The summed E-state index contributed by atoms with van der Waals surface area (Å²) < 4.78 is 0. The molecule has 7 nitrogen and oxygen atoms in total. The first-order chi connectivity index (χ1) is 9.90. The Bertz CT molecular complexity index is 384. The lowest BCUT2D eigenvalue weighted by Crippen LogP contribution is -2.52. The molecule has 0 aliphatic carbocycles. The van der Waals surface area contributed by atoms with E-state index >= 15 is 0 Å². The van der Waals surface area contributed by atoms with Crippen LogP contribution in [0.1, 0.15) is 39.5 Å². The van der Waals surface area contributed by atoms with Crippen LogP contribution in [0, 0.1) is 5.92 Å². The van der Waals surface area contributed by atoms with Crippen LogP contribution in [0.25, 0.3) is 0 Å². The average molecular weight is 335 g/mol. The molecule has 0 aromatic carbocycles. The van der Waals surface area contributed by atoms with Gasteiger partial charge in [0.15, 0.2) is 0 Å². The molecule has 1 aliphatic heterocycles. The van der Waals surface area contributed by atoms with Gasteiger partial charge in [0.2, 0.25) is 17.7 Å². The Morgan fingerprint density at radius 2 is 2.00 bits per heavy atom. The molecule has 1 aliphatic rings. The van der Waals surface area contributed by atoms with Crippen LogP contribution in [0.2, 0.25) is 0 Å². The number of primary amides is 1. The lowest BCUT2D eigenvalue weighted by molar-refractivity contribution is -0.130. The Hall–Kier alpha value is -1.34. The van der Waals surface area contributed by atoms with Crippen LogP contribution in [-0.2, 0) is 14.4 Å². The second-order valence-corrected chi connectivity index (χ2v) is 5.85. The summed E-state index contributed by atoms with van der Waals surface area (Å²) in [6.07, 6.45) is 2.42. The van der Waals surface area contributed by atoms with E-state index in [1.807, 2.05) is 13.8 Å². The minimum absolute atomic E-state index is 0. The average Bonchev–Trinajstić information content (AvgIpc) is 2.90. The number of carbonyl (C=O) groups is 3. The van der Waals surface area contributed by atoms with Gasteiger partial charge >= 0.3 is 0 Å². The first-order valence-corrected chi connectivity index (χ1v) is 7.50. The van der Waals surface area contributed by atoms with Crippen molar-refractivity contribution in [1.82, 2.24) is 16.0 Å². The molecule has 2 atom stereocenters. The van der Waals surface area contributed by atoms with Crippen LogP contribution in [0.5, 0.6) is 0 Å². The molecule has 3 amide bonds. The zero-order chi connectivity index (χ0) is 15.8. The third-order valence-corrected chi connectivity index (χ3v) is 3.39. The van der Waals surface area contributed by atoms with Gasteiger partial charge in [-0.2, -0.15) is 0 Å². The van der Waals surface area contributed by atoms with E-state index in [1.165, 1.54) is 0 Å². The largest absolute Gasteiger partial charge is 0.370 e. The topological polar surface area (TPSA) is 113 Å². The molecule has 128 valence electrons. The van der Waals surface area contributed by atoms with E-state index < -0.39 is 11.9 Å². The van der Waals surface area contributed by atoms with Crippen molar-refractivity contribution in [2.75, 3.05) is 13.1 Å². The van der Waals surface area contributed by atoms with E-state index in [2.05, 4.69) is 16.0 Å². The smallest absolute Gasteiger partial charge is 0.242 e. The van der Waals surface area contributed by atoms with Gasteiger partial charge in [0.05, 0.1) is 6.04 Å². The maximum atomic E-state index is 12.1. The summed E-state index contributed by atoms with van der Waals surface area (Å²) in [4.78, 5) is 34.9. The second kappa shape index (κ2) is 10.4. The number of carbonyl (C=O) groups excluding carboxylic acids is 3. The summed E-state index contributed by atoms with van der Waals surface area (Å²) >= 11 is 0. The number of nitrogens with two attached hydrogens (primary N) is 1. The van der Waals surface area contributed by atoms with Crippen molar-refractivity contribution >= 4 is 30.1 Å². The predicted octanol–water partition coefficient (Wildman–Crippen LogP) is -0.317. The Labute approximate surface area is 137 Å². The van der Waals surface area contributed by atoms with Crippen molar-refractivity contribution in [3.05, 3.63) is 0 Å². The Balaban J connectivity index is 0.00000441. The molecule has 1 rings (SSSR count). The van der Waals surface area contributed by atoms with Gasteiger partial charge in [0.1, 0.15) is 6.04 Å². The molecule has 0 unspecified atom stereocenters. The van der Waals surface area contributed by atoms with E-state index in [-0.39, 0.29) is 49.1 Å². The zero-order valence-electron chi connectivity index (χ0n) is 13.2. The van der Waals surface area contributed by atoms with E-state index in [9.17, 15) is 14.4 Å². The summed E-state index contributed by atoms with van der Waals surface area (Å²) in [7, 11) is 0. The molecular weight excluding hydrogens is 308 g/mol. The fraction of sp³-hybridized carbons (Fsp3) is 0.786. The highest BCUT2D eigenvalue weighted by Crippen LogP contribution is 2.08. The van der Waals surface area contributed by atoms with Gasteiger partial charge in [0, 0.05) is 13.0 Å². The van der Waals surface area contributed by atoms with Gasteiger partial charge in [0.25, 0.3) is 0 Å². The highest BCUT2D eigenvalue weighted by Gasteiger charge is 2.27. The lowest BCUT2D eigenvalue weighted by atomic mass is 10.0. The number of halogens is 1. The van der Waals surface area contributed by atoms with Crippen molar-refractivity contribution in [2.45, 2.75) is 51.6 Å². The molecule has 0 spiro atoms. The minimum atomic E-state index is -0.576. The van der Waals surface area contributed by atoms with Crippen LogP contribution >= 0.6 is 12.4 Å². The fourth-order valence-electron chi connectivity index (χ4n) is 2.32. The number of rotatable bonds is 8. The SMILES string of the molecule is CC(C)C[C@H](NC(=O)[C@@H]1CCCN1)C(=O)NCCC(N)=O.Cl. The molecule has 0 aromatic heterocycles. The van der Waals surface area contributed by atoms with Crippen LogP contribution in [0.4, 0.5) is 0 Å². The lowest BCUT2D eigenvalue weighted by Gasteiger charge is -2.22. The Morgan fingerprint density at radius 3 is 2.50 bits per heavy atom. The van der Waals surface area contributed by atoms with Crippen molar-refractivity contribution in [2.24, 2.45) is 11.7 Å². The summed E-state index contributed by atoms with van der Waals surface area (Å²) in [5.41, 5.74) is 5.03. The Morgan fingerprint density at radius 1 is 1.32 bits per heavy atom. The minimum Gasteiger partial charge on any atom is -0.370 e. The fourth-order valence-corrected chi connectivity index (χ4v) is 2.32. The maximum absolute atomic E-state index is 12.1. The first kappa shape index (κ1) is 20.7. The summed E-state index contributed by atoms with van der Waals surface area (Å²) in [6.45, 7) is 5.01. The monoisotopic (exact) mass is 334 g/mol.